The quantitative estimate of drug-likeness (QED) is 0.460. The second-order valence-electron chi connectivity index (χ2n) is 1.64. The minimum Gasteiger partial charge on any atom is -0.114 e. The van der Waals surface area contributed by atoms with Crippen molar-refractivity contribution >= 4 is 26.2 Å². The Morgan fingerprint density at radius 1 is 1.10 bits per heavy atom. The first-order valence-electron chi connectivity index (χ1n) is 2.70. The lowest BCUT2D eigenvalue weighted by atomic mass is 10.2. The molecule has 0 fully saturated rings. The van der Waals surface area contributed by atoms with Crippen molar-refractivity contribution in [3.8, 4) is 11.6 Å². The van der Waals surface area contributed by atoms with Crippen LogP contribution in [0.1, 0.15) is 5.56 Å². The molecule has 0 nitrogen and oxygen atoms in total. The first-order valence-corrected chi connectivity index (χ1v) is 3.28. The third-order valence-corrected chi connectivity index (χ3v) is 1.13. The van der Waals surface area contributed by atoms with Crippen molar-refractivity contribution in [2.75, 3.05) is 0 Å². The Balaban J connectivity index is 0.000000810. The predicted molar refractivity (Wildman–Crippen MR) is 53.4 cm³/mol. The standard InChI is InChI=1S/C8H7P.BrH/c9-7-6-8-4-2-1-3-5-8;/h1-5H,9H2;1H. The summed E-state index contributed by atoms with van der Waals surface area (Å²) in [6, 6.07) is 9.90. The van der Waals surface area contributed by atoms with Crippen LogP contribution in [0.25, 0.3) is 0 Å². The fourth-order valence-corrected chi connectivity index (χ4v) is 0.771. The monoisotopic (exact) mass is 214 g/mol. The van der Waals surface area contributed by atoms with Gasteiger partial charge in [-0.15, -0.1) is 17.0 Å². The molecule has 0 N–H and O–H groups in total. The van der Waals surface area contributed by atoms with Crippen LogP contribution >= 0.6 is 26.2 Å². The fraction of sp³-hybridized carbons (Fsp3) is 0. The maximum Gasteiger partial charge on any atom is 0.0248 e. The Labute approximate surface area is 74.0 Å². The highest BCUT2D eigenvalue weighted by atomic mass is 79.9. The van der Waals surface area contributed by atoms with Gasteiger partial charge in [0.2, 0.25) is 0 Å². The molecule has 1 aromatic rings. The predicted octanol–water partition coefficient (Wildman–Crippen LogP) is 2.45. The smallest absolute Gasteiger partial charge is 0.0248 e. The molecule has 1 atom stereocenters. The van der Waals surface area contributed by atoms with Crippen molar-refractivity contribution in [2.24, 2.45) is 0 Å². The highest BCUT2D eigenvalue weighted by Gasteiger charge is 1.77. The van der Waals surface area contributed by atoms with Crippen LogP contribution in [-0.2, 0) is 0 Å². The van der Waals surface area contributed by atoms with Crippen molar-refractivity contribution in [2.45, 2.75) is 0 Å². The molecule has 0 aromatic heterocycles. The molecular weight excluding hydrogens is 207 g/mol. The lowest BCUT2D eigenvalue weighted by Gasteiger charge is -1.83. The average molecular weight is 215 g/mol. The van der Waals surface area contributed by atoms with Crippen molar-refractivity contribution in [3.05, 3.63) is 35.9 Å². The van der Waals surface area contributed by atoms with Crippen LogP contribution in [-0.4, -0.2) is 0 Å². The van der Waals surface area contributed by atoms with E-state index in [0.29, 0.717) is 0 Å². The molecule has 1 rings (SSSR count). The molecule has 2 heteroatoms. The summed E-state index contributed by atoms with van der Waals surface area (Å²) in [5.74, 6) is 2.92. The van der Waals surface area contributed by atoms with E-state index in [-0.39, 0.29) is 17.0 Å². The van der Waals surface area contributed by atoms with Crippen molar-refractivity contribution < 1.29 is 0 Å². The van der Waals surface area contributed by atoms with Crippen molar-refractivity contribution in [3.63, 3.8) is 0 Å². The van der Waals surface area contributed by atoms with E-state index in [1.54, 1.807) is 0 Å². The van der Waals surface area contributed by atoms with Gasteiger partial charge in [0, 0.05) is 5.56 Å². The van der Waals surface area contributed by atoms with Crippen LogP contribution in [0.4, 0.5) is 0 Å². The van der Waals surface area contributed by atoms with Gasteiger partial charge >= 0.3 is 0 Å². The Bertz CT molecular complexity index is 232. The highest BCUT2D eigenvalue weighted by Crippen LogP contribution is 1.94. The average Bonchev–Trinajstić information content (AvgIpc) is 1.91. The van der Waals surface area contributed by atoms with Crippen LogP contribution in [0.15, 0.2) is 30.3 Å². The molecule has 0 spiro atoms. The van der Waals surface area contributed by atoms with Crippen LogP contribution in [0.3, 0.4) is 0 Å². The molecule has 0 saturated heterocycles. The first kappa shape index (κ1) is 9.69. The maximum absolute atomic E-state index is 2.92. The van der Waals surface area contributed by atoms with Gasteiger partial charge in [-0.05, 0) is 12.1 Å². The van der Waals surface area contributed by atoms with Crippen molar-refractivity contribution in [1.29, 1.82) is 0 Å². The van der Waals surface area contributed by atoms with Gasteiger partial charge in [-0.2, -0.15) is 0 Å². The largest absolute Gasteiger partial charge is 0.114 e. The van der Waals surface area contributed by atoms with Gasteiger partial charge in [0.25, 0.3) is 0 Å². The molecule has 10 heavy (non-hydrogen) atoms. The van der Waals surface area contributed by atoms with Crippen LogP contribution in [0, 0.1) is 11.6 Å². The molecule has 52 valence electrons. The number of hydrogen-bond acceptors (Lipinski definition) is 0. The van der Waals surface area contributed by atoms with Crippen LogP contribution in [0.5, 0.6) is 0 Å². The van der Waals surface area contributed by atoms with E-state index in [2.05, 4.69) is 20.8 Å². The molecular formula is C8H8BrP. The summed E-state index contributed by atoms with van der Waals surface area (Å²) in [6.07, 6.45) is 0. The zero-order valence-electron chi connectivity index (χ0n) is 5.37. The summed E-state index contributed by atoms with van der Waals surface area (Å²) in [4.78, 5) is 0. The Morgan fingerprint density at radius 3 is 2.20 bits per heavy atom. The minimum absolute atomic E-state index is 0. The minimum atomic E-state index is 0. The lowest BCUT2D eigenvalue weighted by Crippen LogP contribution is -1.67. The molecule has 0 amide bonds. The Morgan fingerprint density at radius 2 is 1.70 bits per heavy atom. The summed E-state index contributed by atoms with van der Waals surface area (Å²) < 4.78 is 0. The zero-order valence-corrected chi connectivity index (χ0v) is 8.24. The third-order valence-electron chi connectivity index (χ3n) is 0.990. The van der Waals surface area contributed by atoms with Crippen LogP contribution in [0.2, 0.25) is 0 Å². The van der Waals surface area contributed by atoms with Gasteiger partial charge in [-0.25, -0.2) is 0 Å². The van der Waals surface area contributed by atoms with Gasteiger partial charge in [0.15, 0.2) is 0 Å². The number of halogens is 1. The van der Waals surface area contributed by atoms with Gasteiger partial charge < -0.3 is 0 Å². The van der Waals surface area contributed by atoms with E-state index < -0.39 is 0 Å². The summed E-state index contributed by atoms with van der Waals surface area (Å²) in [6.45, 7) is 0. The molecule has 1 aromatic carbocycles. The van der Waals surface area contributed by atoms with E-state index >= 15 is 0 Å². The number of rotatable bonds is 0. The van der Waals surface area contributed by atoms with E-state index in [1.165, 1.54) is 0 Å². The number of benzene rings is 1. The Hall–Kier alpha value is -0.310. The van der Waals surface area contributed by atoms with Crippen molar-refractivity contribution in [1.82, 2.24) is 0 Å². The summed E-state index contributed by atoms with van der Waals surface area (Å²) in [7, 11) is 2.37. The number of hydrogen-bond donors (Lipinski definition) is 0. The fourth-order valence-electron chi connectivity index (χ4n) is 0.605. The van der Waals surface area contributed by atoms with E-state index in [9.17, 15) is 0 Å². The molecule has 0 bridgehead atoms. The molecule has 0 aliphatic carbocycles. The molecule has 0 aliphatic heterocycles. The third kappa shape index (κ3) is 3.01. The topological polar surface area (TPSA) is 0 Å². The SMILES string of the molecule is Br.PC#Cc1ccccc1. The Kier molecular flexibility index (Phi) is 5.30. The van der Waals surface area contributed by atoms with Gasteiger partial charge in [0.05, 0.1) is 0 Å². The molecule has 0 radical (unpaired) electrons. The molecule has 1 unspecified atom stereocenters. The van der Waals surface area contributed by atoms with Gasteiger partial charge in [-0.1, -0.05) is 39.0 Å². The summed E-state index contributed by atoms with van der Waals surface area (Å²) in [5, 5.41) is 0. The highest BCUT2D eigenvalue weighted by molar-refractivity contribution is 8.93. The second-order valence-corrected chi connectivity index (χ2v) is 1.92. The normalized spacial score (nSPS) is 6.90. The summed E-state index contributed by atoms with van der Waals surface area (Å²) >= 11 is 0. The zero-order chi connectivity index (χ0) is 6.53. The maximum atomic E-state index is 2.92. The molecule has 0 aliphatic rings. The van der Waals surface area contributed by atoms with E-state index in [4.69, 9.17) is 0 Å². The summed E-state index contributed by atoms with van der Waals surface area (Å²) in [5.41, 5.74) is 3.81. The van der Waals surface area contributed by atoms with E-state index in [0.717, 1.165) is 5.56 Å². The molecule has 0 saturated carbocycles. The van der Waals surface area contributed by atoms with Crippen LogP contribution < -0.4 is 0 Å². The van der Waals surface area contributed by atoms with Gasteiger partial charge in [-0.3, -0.25) is 0 Å². The van der Waals surface area contributed by atoms with E-state index in [1.807, 2.05) is 30.3 Å². The first-order chi connectivity index (χ1) is 4.43. The molecule has 0 heterocycles. The lowest BCUT2D eigenvalue weighted by molar-refractivity contribution is 1.65. The van der Waals surface area contributed by atoms with Gasteiger partial charge in [0.1, 0.15) is 0 Å². The second kappa shape index (κ2) is 5.47.